The Labute approximate surface area is 163 Å². The molecule has 2 aromatic carbocycles. The first kappa shape index (κ1) is 21.3. The van der Waals surface area contributed by atoms with Crippen molar-refractivity contribution in [2.45, 2.75) is 13.2 Å². The summed E-state index contributed by atoms with van der Waals surface area (Å²) in [5.74, 6) is 1.34. The zero-order valence-corrected chi connectivity index (χ0v) is 16.3. The van der Waals surface area contributed by atoms with Gasteiger partial charge < -0.3 is 29.2 Å². The molecular weight excluding hydrogens is 364 g/mol. The smallest absolute Gasteiger partial charge is 0.203 e. The van der Waals surface area contributed by atoms with E-state index in [-0.39, 0.29) is 19.0 Å². The molecule has 7 nitrogen and oxygen atoms in total. The van der Waals surface area contributed by atoms with Gasteiger partial charge in [-0.1, -0.05) is 6.08 Å². The number of rotatable bonds is 9. The molecule has 2 rings (SSSR count). The lowest BCUT2D eigenvalue weighted by Crippen LogP contribution is -2.01. The van der Waals surface area contributed by atoms with Gasteiger partial charge in [-0.05, 0) is 41.5 Å². The van der Waals surface area contributed by atoms with Crippen molar-refractivity contribution in [1.82, 2.24) is 0 Å². The van der Waals surface area contributed by atoms with Crippen molar-refractivity contribution in [1.29, 1.82) is 0 Å². The van der Waals surface area contributed by atoms with Gasteiger partial charge in [0.25, 0.3) is 0 Å². The zero-order valence-electron chi connectivity index (χ0n) is 16.3. The molecule has 0 heterocycles. The molecule has 0 saturated heterocycles. The van der Waals surface area contributed by atoms with E-state index in [2.05, 4.69) is 0 Å². The number of aliphatic hydroxyl groups is 2. The molecule has 28 heavy (non-hydrogen) atoms. The van der Waals surface area contributed by atoms with Crippen LogP contribution in [0.25, 0.3) is 6.08 Å². The molecule has 0 radical (unpaired) electrons. The van der Waals surface area contributed by atoms with Crippen LogP contribution in [0.15, 0.2) is 30.3 Å². The lowest BCUT2D eigenvalue weighted by Gasteiger charge is -2.13. The number of hydrogen-bond donors (Lipinski definition) is 2. The second-order valence-corrected chi connectivity index (χ2v) is 5.79. The maximum atomic E-state index is 12.6. The summed E-state index contributed by atoms with van der Waals surface area (Å²) in [4.78, 5) is 12.6. The molecule has 0 amide bonds. The normalized spacial score (nSPS) is 10.8. The van der Waals surface area contributed by atoms with Gasteiger partial charge in [-0.2, -0.15) is 0 Å². The van der Waals surface area contributed by atoms with Crippen LogP contribution in [-0.4, -0.2) is 44.4 Å². The van der Waals surface area contributed by atoms with Crippen LogP contribution in [-0.2, 0) is 13.2 Å². The number of benzene rings is 2. The first-order chi connectivity index (χ1) is 13.5. The molecule has 0 bridgehead atoms. The van der Waals surface area contributed by atoms with Crippen molar-refractivity contribution >= 4 is 11.9 Å². The van der Waals surface area contributed by atoms with Gasteiger partial charge in [-0.25, -0.2) is 0 Å². The first-order valence-electron chi connectivity index (χ1n) is 8.46. The molecule has 2 N–H and O–H groups in total. The van der Waals surface area contributed by atoms with Gasteiger partial charge in [-0.15, -0.1) is 0 Å². The molecule has 0 atom stereocenters. The molecular formula is C21H24O7. The topological polar surface area (TPSA) is 94.5 Å². The summed E-state index contributed by atoms with van der Waals surface area (Å²) in [5, 5.41) is 19.0. The van der Waals surface area contributed by atoms with E-state index in [1.165, 1.54) is 34.5 Å². The Balaban J connectivity index is 2.38. The highest BCUT2D eigenvalue weighted by Gasteiger charge is 2.16. The quantitative estimate of drug-likeness (QED) is 0.504. The summed E-state index contributed by atoms with van der Waals surface area (Å²) in [6.07, 6.45) is 3.00. The minimum absolute atomic E-state index is 0.255. The monoisotopic (exact) mass is 388 g/mol. The van der Waals surface area contributed by atoms with E-state index < -0.39 is 0 Å². The Hall–Kier alpha value is -3.03. The molecule has 0 aliphatic rings. The SMILES string of the molecule is COc1cc(C=CC(=O)c2cc(OC)c(OC)c(OC)c2)cc(CO)c1CO. The van der Waals surface area contributed by atoms with Crippen molar-refractivity contribution in [2.24, 2.45) is 0 Å². The molecule has 0 aromatic heterocycles. The first-order valence-corrected chi connectivity index (χ1v) is 8.46. The van der Waals surface area contributed by atoms with Crippen LogP contribution >= 0.6 is 0 Å². The minimum Gasteiger partial charge on any atom is -0.496 e. The van der Waals surface area contributed by atoms with Gasteiger partial charge in [0, 0.05) is 11.1 Å². The number of methoxy groups -OCH3 is 4. The van der Waals surface area contributed by atoms with E-state index in [4.69, 9.17) is 18.9 Å². The number of ketones is 1. The van der Waals surface area contributed by atoms with Crippen LogP contribution in [0.4, 0.5) is 0 Å². The average Bonchev–Trinajstić information content (AvgIpc) is 2.75. The third kappa shape index (κ3) is 4.44. The molecule has 0 fully saturated rings. The van der Waals surface area contributed by atoms with E-state index >= 15 is 0 Å². The number of carbonyl (C=O) groups excluding carboxylic acids is 1. The van der Waals surface area contributed by atoms with Crippen LogP contribution in [0.5, 0.6) is 23.0 Å². The van der Waals surface area contributed by atoms with Crippen LogP contribution in [0, 0.1) is 0 Å². The molecule has 2 aromatic rings. The number of hydrogen-bond acceptors (Lipinski definition) is 7. The van der Waals surface area contributed by atoms with Crippen molar-refractivity contribution in [3.8, 4) is 23.0 Å². The summed E-state index contributed by atoms with van der Waals surface area (Å²) in [6, 6.07) is 6.52. The fourth-order valence-electron chi connectivity index (χ4n) is 2.82. The molecule has 0 saturated carbocycles. The third-order valence-electron chi connectivity index (χ3n) is 4.25. The summed E-state index contributed by atoms with van der Waals surface area (Å²) < 4.78 is 21.1. The number of ether oxygens (including phenoxy) is 4. The van der Waals surface area contributed by atoms with E-state index in [0.29, 0.717) is 45.3 Å². The molecule has 0 spiro atoms. The maximum absolute atomic E-state index is 12.6. The standard InChI is InChI=1S/C21H24O7/c1-25-18-8-13(7-15(11-22)16(18)12-23)5-6-17(24)14-9-19(26-2)21(28-4)20(10-14)27-3/h5-10,22-23H,11-12H2,1-4H3. The second kappa shape index (κ2) is 9.77. The van der Waals surface area contributed by atoms with E-state index in [0.717, 1.165) is 0 Å². The zero-order chi connectivity index (χ0) is 20.7. The van der Waals surface area contributed by atoms with Crippen LogP contribution < -0.4 is 18.9 Å². The largest absolute Gasteiger partial charge is 0.496 e. The van der Waals surface area contributed by atoms with E-state index in [1.54, 1.807) is 30.3 Å². The van der Waals surface area contributed by atoms with Crippen LogP contribution in [0.1, 0.15) is 27.0 Å². The van der Waals surface area contributed by atoms with E-state index in [1.807, 2.05) is 0 Å². The summed E-state index contributed by atoms with van der Waals surface area (Å²) in [5.41, 5.74) is 2.06. The van der Waals surface area contributed by atoms with Crippen molar-refractivity contribution < 1.29 is 34.0 Å². The highest BCUT2D eigenvalue weighted by Crippen LogP contribution is 2.38. The van der Waals surface area contributed by atoms with Gasteiger partial charge >= 0.3 is 0 Å². The Morgan fingerprint density at radius 1 is 0.857 bits per heavy atom. The predicted octanol–water partition coefficient (Wildman–Crippen LogP) is 2.60. The fraction of sp³-hybridized carbons (Fsp3) is 0.286. The molecule has 0 aliphatic heterocycles. The Bertz CT molecular complexity index is 821. The third-order valence-corrected chi connectivity index (χ3v) is 4.25. The van der Waals surface area contributed by atoms with Crippen LogP contribution in [0.2, 0.25) is 0 Å². The van der Waals surface area contributed by atoms with Gasteiger partial charge in [-0.3, -0.25) is 4.79 Å². The lowest BCUT2D eigenvalue weighted by atomic mass is 10.0. The highest BCUT2D eigenvalue weighted by molar-refractivity contribution is 6.07. The lowest BCUT2D eigenvalue weighted by molar-refractivity contribution is 0.104. The van der Waals surface area contributed by atoms with Crippen molar-refractivity contribution in [2.75, 3.05) is 28.4 Å². The summed E-state index contributed by atoms with van der Waals surface area (Å²) in [6.45, 7) is -0.512. The fourth-order valence-corrected chi connectivity index (χ4v) is 2.82. The maximum Gasteiger partial charge on any atom is 0.203 e. The van der Waals surface area contributed by atoms with Gasteiger partial charge in [0.05, 0.1) is 41.7 Å². The number of carbonyl (C=O) groups is 1. The Kier molecular flexibility index (Phi) is 7.43. The average molecular weight is 388 g/mol. The predicted molar refractivity (Wildman–Crippen MR) is 104 cm³/mol. The minimum atomic E-state index is -0.269. The Morgan fingerprint density at radius 3 is 1.93 bits per heavy atom. The number of aliphatic hydroxyl groups excluding tert-OH is 2. The highest BCUT2D eigenvalue weighted by atomic mass is 16.5. The van der Waals surface area contributed by atoms with Gasteiger partial charge in [0.2, 0.25) is 5.75 Å². The second-order valence-electron chi connectivity index (χ2n) is 5.79. The van der Waals surface area contributed by atoms with Gasteiger partial charge in [0.1, 0.15) is 5.75 Å². The molecule has 7 heteroatoms. The summed E-state index contributed by atoms with van der Waals surface area (Å²) in [7, 11) is 5.92. The van der Waals surface area contributed by atoms with E-state index in [9.17, 15) is 15.0 Å². The van der Waals surface area contributed by atoms with Crippen LogP contribution in [0.3, 0.4) is 0 Å². The Morgan fingerprint density at radius 2 is 1.46 bits per heavy atom. The number of allylic oxidation sites excluding steroid dienone is 1. The van der Waals surface area contributed by atoms with Crippen molar-refractivity contribution in [3.63, 3.8) is 0 Å². The summed E-state index contributed by atoms with van der Waals surface area (Å²) >= 11 is 0. The molecule has 150 valence electrons. The molecule has 0 unspecified atom stereocenters. The van der Waals surface area contributed by atoms with Gasteiger partial charge in [0.15, 0.2) is 17.3 Å². The molecule has 0 aliphatic carbocycles. The van der Waals surface area contributed by atoms with Crippen molar-refractivity contribution in [3.05, 3.63) is 52.6 Å².